The molecule has 0 radical (unpaired) electrons. The van der Waals surface area contributed by atoms with Gasteiger partial charge in [-0.25, -0.2) is 4.98 Å². The second-order valence-electron chi connectivity index (χ2n) is 6.72. The molecule has 1 aromatic rings. The molecule has 114 valence electrons. The van der Waals surface area contributed by atoms with Crippen LogP contribution in [-0.2, 0) is 13.0 Å². The van der Waals surface area contributed by atoms with Crippen LogP contribution in [0.2, 0.25) is 0 Å². The zero-order chi connectivity index (χ0) is 14.8. The summed E-state index contributed by atoms with van der Waals surface area (Å²) in [6, 6.07) is 0.526. The Kier molecular flexibility index (Phi) is 5.08. The highest BCUT2D eigenvalue weighted by molar-refractivity contribution is 7.15. The van der Waals surface area contributed by atoms with E-state index in [2.05, 4.69) is 44.8 Å². The van der Waals surface area contributed by atoms with E-state index in [-0.39, 0.29) is 5.54 Å². The fourth-order valence-electron chi connectivity index (χ4n) is 2.81. The molecule has 0 spiro atoms. The quantitative estimate of drug-likeness (QED) is 0.860. The highest BCUT2D eigenvalue weighted by Crippen LogP contribution is 2.37. The van der Waals surface area contributed by atoms with E-state index in [4.69, 9.17) is 4.98 Å². The summed E-state index contributed by atoms with van der Waals surface area (Å²) in [6.07, 6.45) is 4.83. The predicted molar refractivity (Wildman–Crippen MR) is 88.7 cm³/mol. The van der Waals surface area contributed by atoms with Gasteiger partial charge in [-0.15, -0.1) is 11.3 Å². The molecular weight excluding hydrogens is 266 g/mol. The van der Waals surface area contributed by atoms with Crippen LogP contribution in [0.25, 0.3) is 0 Å². The van der Waals surface area contributed by atoms with E-state index in [0.29, 0.717) is 6.04 Å². The molecule has 1 aromatic heterocycles. The Morgan fingerprint density at radius 3 is 2.70 bits per heavy atom. The number of aryl methyl sites for hydroxylation is 1. The van der Waals surface area contributed by atoms with Gasteiger partial charge in [0.1, 0.15) is 0 Å². The van der Waals surface area contributed by atoms with E-state index in [1.165, 1.54) is 35.0 Å². The maximum atomic E-state index is 4.96. The summed E-state index contributed by atoms with van der Waals surface area (Å²) in [7, 11) is 0. The molecule has 0 unspecified atom stereocenters. The molecule has 0 saturated carbocycles. The first-order valence-corrected chi connectivity index (χ1v) is 8.75. The minimum atomic E-state index is 0.268. The summed E-state index contributed by atoms with van der Waals surface area (Å²) in [5.74, 6) is 0. The number of anilines is 1. The third-order valence-electron chi connectivity index (χ3n) is 4.06. The molecule has 1 aliphatic heterocycles. The molecule has 3 nitrogen and oxygen atoms in total. The summed E-state index contributed by atoms with van der Waals surface area (Å²) in [4.78, 5) is 8.90. The molecule has 0 aromatic carbocycles. The molecule has 1 saturated heterocycles. The maximum Gasteiger partial charge on any atom is 0.186 e. The van der Waals surface area contributed by atoms with Crippen LogP contribution in [-0.4, -0.2) is 23.1 Å². The van der Waals surface area contributed by atoms with Gasteiger partial charge in [0.2, 0.25) is 0 Å². The lowest BCUT2D eigenvalue weighted by molar-refractivity contribution is 0.517. The van der Waals surface area contributed by atoms with Crippen molar-refractivity contribution >= 4 is 16.5 Å². The van der Waals surface area contributed by atoms with E-state index >= 15 is 0 Å². The minimum absolute atomic E-state index is 0.268. The standard InChI is InChI=1S/C16H29N3S/c1-6-8-13-14(11-17-12(2)3)20-15(18-13)19-10-7-9-16(19,4)5/h12,17H,6-11H2,1-5H3. The highest BCUT2D eigenvalue weighted by Gasteiger charge is 2.34. The van der Waals surface area contributed by atoms with E-state index in [0.717, 1.165) is 19.5 Å². The first kappa shape index (κ1) is 15.8. The number of nitrogens with zero attached hydrogens (tertiary/aromatic N) is 2. The van der Waals surface area contributed by atoms with Gasteiger partial charge in [0.25, 0.3) is 0 Å². The molecule has 1 aliphatic rings. The lowest BCUT2D eigenvalue weighted by Gasteiger charge is -2.31. The van der Waals surface area contributed by atoms with E-state index in [1.807, 2.05) is 11.3 Å². The predicted octanol–water partition coefficient (Wildman–Crippen LogP) is 3.97. The van der Waals surface area contributed by atoms with E-state index in [9.17, 15) is 0 Å². The van der Waals surface area contributed by atoms with Crippen molar-refractivity contribution in [2.45, 2.75) is 78.4 Å². The van der Waals surface area contributed by atoms with Gasteiger partial charge in [0.15, 0.2) is 5.13 Å². The van der Waals surface area contributed by atoms with Crippen LogP contribution in [0.15, 0.2) is 0 Å². The van der Waals surface area contributed by atoms with Crippen molar-refractivity contribution in [2.75, 3.05) is 11.4 Å². The minimum Gasteiger partial charge on any atom is -0.343 e. The number of aromatic nitrogens is 1. The van der Waals surface area contributed by atoms with Gasteiger partial charge < -0.3 is 10.2 Å². The first-order valence-electron chi connectivity index (χ1n) is 7.93. The molecule has 2 heterocycles. The van der Waals surface area contributed by atoms with Gasteiger partial charge in [-0.2, -0.15) is 0 Å². The Balaban J connectivity index is 2.19. The monoisotopic (exact) mass is 295 g/mol. The van der Waals surface area contributed by atoms with Crippen molar-refractivity contribution < 1.29 is 0 Å². The SMILES string of the molecule is CCCc1nc(N2CCCC2(C)C)sc1CNC(C)C. The van der Waals surface area contributed by atoms with Gasteiger partial charge in [-0.3, -0.25) is 0 Å². The second-order valence-corrected chi connectivity index (χ2v) is 7.78. The van der Waals surface area contributed by atoms with Crippen LogP contribution < -0.4 is 10.2 Å². The zero-order valence-corrected chi connectivity index (χ0v) is 14.4. The summed E-state index contributed by atoms with van der Waals surface area (Å²) < 4.78 is 0. The van der Waals surface area contributed by atoms with Crippen LogP contribution in [0.5, 0.6) is 0 Å². The summed E-state index contributed by atoms with van der Waals surface area (Å²) in [5, 5.41) is 4.77. The van der Waals surface area contributed by atoms with Crippen LogP contribution in [0.1, 0.15) is 64.5 Å². The van der Waals surface area contributed by atoms with Crippen LogP contribution in [0, 0.1) is 0 Å². The molecule has 1 N–H and O–H groups in total. The molecule has 2 rings (SSSR count). The van der Waals surface area contributed by atoms with Gasteiger partial charge in [-0.1, -0.05) is 27.2 Å². The second kappa shape index (κ2) is 6.44. The summed E-state index contributed by atoms with van der Waals surface area (Å²) >= 11 is 1.89. The molecule has 0 amide bonds. The van der Waals surface area contributed by atoms with Crippen LogP contribution >= 0.6 is 11.3 Å². The lowest BCUT2D eigenvalue weighted by atomic mass is 10.0. The summed E-state index contributed by atoms with van der Waals surface area (Å²) in [6.45, 7) is 13.4. The third kappa shape index (κ3) is 3.53. The van der Waals surface area contributed by atoms with Crippen LogP contribution in [0.4, 0.5) is 5.13 Å². The van der Waals surface area contributed by atoms with Gasteiger partial charge in [-0.05, 0) is 33.1 Å². The molecule has 4 heteroatoms. The Morgan fingerprint density at radius 2 is 2.15 bits per heavy atom. The number of hydrogen-bond donors (Lipinski definition) is 1. The molecule has 0 bridgehead atoms. The summed E-state index contributed by atoms with van der Waals surface area (Å²) in [5.41, 5.74) is 1.58. The lowest BCUT2D eigenvalue weighted by Crippen LogP contribution is -2.38. The molecular formula is C16H29N3S. The smallest absolute Gasteiger partial charge is 0.186 e. The largest absolute Gasteiger partial charge is 0.343 e. The average Bonchev–Trinajstić information content (AvgIpc) is 2.90. The molecule has 20 heavy (non-hydrogen) atoms. The van der Waals surface area contributed by atoms with E-state index in [1.54, 1.807) is 0 Å². The van der Waals surface area contributed by atoms with Crippen molar-refractivity contribution in [3.63, 3.8) is 0 Å². The Labute approximate surface area is 127 Å². The van der Waals surface area contributed by atoms with E-state index < -0.39 is 0 Å². The Bertz CT molecular complexity index is 437. The van der Waals surface area contributed by atoms with Crippen molar-refractivity contribution in [1.82, 2.24) is 10.3 Å². The highest BCUT2D eigenvalue weighted by atomic mass is 32.1. The topological polar surface area (TPSA) is 28.2 Å². The third-order valence-corrected chi connectivity index (χ3v) is 5.18. The van der Waals surface area contributed by atoms with Crippen LogP contribution in [0.3, 0.4) is 0 Å². The number of hydrogen-bond acceptors (Lipinski definition) is 4. The van der Waals surface area contributed by atoms with Crippen molar-refractivity contribution in [3.8, 4) is 0 Å². The number of thiazole rings is 1. The number of rotatable bonds is 6. The molecule has 0 atom stereocenters. The molecule has 1 fully saturated rings. The van der Waals surface area contributed by atoms with Gasteiger partial charge in [0.05, 0.1) is 5.69 Å². The Hall–Kier alpha value is -0.610. The van der Waals surface area contributed by atoms with Crippen molar-refractivity contribution in [2.24, 2.45) is 0 Å². The average molecular weight is 295 g/mol. The fraction of sp³-hybridized carbons (Fsp3) is 0.812. The van der Waals surface area contributed by atoms with Gasteiger partial charge in [0, 0.05) is 29.5 Å². The van der Waals surface area contributed by atoms with Gasteiger partial charge >= 0.3 is 0 Å². The Morgan fingerprint density at radius 1 is 1.40 bits per heavy atom. The normalized spacial score (nSPS) is 18.2. The maximum absolute atomic E-state index is 4.96. The number of nitrogens with one attached hydrogen (secondary N) is 1. The first-order chi connectivity index (χ1) is 9.44. The van der Waals surface area contributed by atoms with Crippen molar-refractivity contribution in [3.05, 3.63) is 10.6 Å². The molecule has 0 aliphatic carbocycles. The fourth-order valence-corrected chi connectivity index (χ4v) is 4.06. The van der Waals surface area contributed by atoms with Crippen molar-refractivity contribution in [1.29, 1.82) is 0 Å². The zero-order valence-electron chi connectivity index (χ0n) is 13.6.